The summed E-state index contributed by atoms with van der Waals surface area (Å²) >= 11 is 1.53. The van der Waals surface area contributed by atoms with Crippen molar-refractivity contribution >= 4 is 33.0 Å². The number of hydrogen-bond acceptors (Lipinski definition) is 7. The molecule has 4 aromatic rings. The molecule has 9 nitrogen and oxygen atoms in total. The van der Waals surface area contributed by atoms with Crippen LogP contribution in [0.3, 0.4) is 0 Å². The van der Waals surface area contributed by atoms with Gasteiger partial charge in [0.2, 0.25) is 5.91 Å². The first kappa shape index (κ1) is 22.8. The summed E-state index contributed by atoms with van der Waals surface area (Å²) in [5.41, 5.74) is 2.44. The molecule has 0 spiro atoms. The molecule has 0 atom stereocenters. The standard InChI is InChI=1S/C26H25N5O4S/c1-30-12-15(10-20(25(30)34)29-24(33)14-6-7-14)16-8-9-27-23(19(16)13-32)31-26(35)22-18(11-28-31)17-4-2-3-5-21(17)36-22/h8-12,14,32H,2-7,13H2,1H3,(H,29,33). The highest BCUT2D eigenvalue weighted by molar-refractivity contribution is 7.19. The zero-order valence-corrected chi connectivity index (χ0v) is 20.6. The molecule has 0 aliphatic heterocycles. The molecule has 2 aliphatic carbocycles. The van der Waals surface area contributed by atoms with E-state index in [2.05, 4.69) is 15.4 Å². The van der Waals surface area contributed by atoms with Crippen molar-refractivity contribution in [1.29, 1.82) is 0 Å². The Kier molecular flexibility index (Phi) is 5.57. The van der Waals surface area contributed by atoms with Crippen molar-refractivity contribution in [2.75, 3.05) is 5.32 Å². The topological polar surface area (TPSA) is 119 Å². The second kappa shape index (κ2) is 8.79. The molecular weight excluding hydrogens is 478 g/mol. The van der Waals surface area contributed by atoms with E-state index in [0.717, 1.165) is 43.9 Å². The monoisotopic (exact) mass is 503 g/mol. The summed E-state index contributed by atoms with van der Waals surface area (Å²) in [4.78, 5) is 44.1. The normalized spacial score (nSPS) is 15.2. The number of thiophene rings is 1. The summed E-state index contributed by atoms with van der Waals surface area (Å²) in [7, 11) is 1.61. The summed E-state index contributed by atoms with van der Waals surface area (Å²) in [5, 5.41) is 18.5. The van der Waals surface area contributed by atoms with Crippen LogP contribution in [0.15, 0.2) is 40.3 Å². The van der Waals surface area contributed by atoms with Gasteiger partial charge in [-0.15, -0.1) is 11.3 Å². The number of carbonyl (C=O) groups excluding carboxylic acids is 1. The van der Waals surface area contributed by atoms with E-state index in [4.69, 9.17) is 0 Å². The van der Waals surface area contributed by atoms with E-state index < -0.39 is 6.61 Å². The van der Waals surface area contributed by atoms with Gasteiger partial charge in [0.25, 0.3) is 11.1 Å². The molecule has 0 aromatic carbocycles. The van der Waals surface area contributed by atoms with E-state index in [1.807, 2.05) is 0 Å². The van der Waals surface area contributed by atoms with Crippen LogP contribution in [0.1, 0.15) is 41.7 Å². The number of anilines is 1. The summed E-state index contributed by atoms with van der Waals surface area (Å²) < 4.78 is 3.29. The number of aryl methyl sites for hydroxylation is 3. The minimum Gasteiger partial charge on any atom is -0.392 e. The number of carbonyl (C=O) groups is 1. The number of fused-ring (bicyclic) bond motifs is 3. The maximum absolute atomic E-state index is 13.5. The Morgan fingerprint density at radius 1 is 1.22 bits per heavy atom. The van der Waals surface area contributed by atoms with E-state index in [1.165, 1.54) is 31.0 Å². The lowest BCUT2D eigenvalue weighted by atomic mass is 9.97. The van der Waals surface area contributed by atoms with Crippen LogP contribution in [0.5, 0.6) is 0 Å². The highest BCUT2D eigenvalue weighted by atomic mass is 32.1. The molecule has 2 N–H and O–H groups in total. The van der Waals surface area contributed by atoms with E-state index in [0.29, 0.717) is 21.4 Å². The van der Waals surface area contributed by atoms with Gasteiger partial charge >= 0.3 is 0 Å². The van der Waals surface area contributed by atoms with Crippen molar-refractivity contribution in [3.05, 3.63) is 67.4 Å². The van der Waals surface area contributed by atoms with Gasteiger partial charge in [-0.05, 0) is 61.8 Å². The number of amides is 1. The molecule has 1 saturated carbocycles. The van der Waals surface area contributed by atoms with Gasteiger partial charge in [-0.25, -0.2) is 4.98 Å². The van der Waals surface area contributed by atoms with Crippen LogP contribution in [0.25, 0.3) is 27.0 Å². The van der Waals surface area contributed by atoms with E-state index in [9.17, 15) is 19.5 Å². The van der Waals surface area contributed by atoms with Gasteiger partial charge in [0.1, 0.15) is 10.4 Å². The summed E-state index contributed by atoms with van der Waals surface area (Å²) in [6.07, 6.45) is 10.8. The lowest BCUT2D eigenvalue weighted by Crippen LogP contribution is -2.25. The fourth-order valence-corrected chi connectivity index (χ4v) is 6.21. The van der Waals surface area contributed by atoms with E-state index >= 15 is 0 Å². The van der Waals surface area contributed by atoms with Crippen molar-refractivity contribution in [3.63, 3.8) is 0 Å². The van der Waals surface area contributed by atoms with Crippen molar-refractivity contribution in [1.82, 2.24) is 19.3 Å². The van der Waals surface area contributed by atoms with Gasteiger partial charge in [0.15, 0.2) is 5.82 Å². The number of aromatic nitrogens is 4. The Hall–Kier alpha value is -3.63. The summed E-state index contributed by atoms with van der Waals surface area (Å²) in [5.74, 6) is 0.0325. The average Bonchev–Trinajstić information content (AvgIpc) is 3.67. The van der Waals surface area contributed by atoms with Crippen LogP contribution in [0.4, 0.5) is 5.69 Å². The Morgan fingerprint density at radius 3 is 2.81 bits per heavy atom. The molecule has 184 valence electrons. The van der Waals surface area contributed by atoms with Crippen LogP contribution in [-0.4, -0.2) is 30.3 Å². The average molecular weight is 504 g/mol. The first-order valence-electron chi connectivity index (χ1n) is 12.1. The zero-order chi connectivity index (χ0) is 25.0. The Bertz CT molecular complexity index is 1650. The zero-order valence-electron chi connectivity index (χ0n) is 19.8. The quantitative estimate of drug-likeness (QED) is 0.432. The smallest absolute Gasteiger partial charge is 0.290 e. The third-order valence-electron chi connectivity index (χ3n) is 6.99. The van der Waals surface area contributed by atoms with Gasteiger partial charge in [0, 0.05) is 46.7 Å². The number of rotatable bonds is 5. The molecule has 2 aliphatic rings. The predicted octanol–water partition coefficient (Wildman–Crippen LogP) is 2.93. The molecule has 36 heavy (non-hydrogen) atoms. The van der Waals surface area contributed by atoms with Gasteiger partial charge in [0.05, 0.1) is 12.8 Å². The molecule has 6 rings (SSSR count). The molecule has 0 saturated heterocycles. The third kappa shape index (κ3) is 3.77. The molecule has 4 aromatic heterocycles. The summed E-state index contributed by atoms with van der Waals surface area (Å²) in [6, 6.07) is 3.32. The second-order valence-electron chi connectivity index (χ2n) is 9.46. The van der Waals surface area contributed by atoms with Gasteiger partial charge in [-0.1, -0.05) is 0 Å². The molecule has 0 bridgehead atoms. The number of aliphatic hydroxyl groups is 1. The molecule has 1 fully saturated rings. The SMILES string of the molecule is Cn1cc(-c2ccnc(-n3ncc4c5c(sc4c3=O)CCCC5)c2CO)cc(NC(=O)C2CC2)c1=O. The first-order valence-corrected chi connectivity index (χ1v) is 12.9. The lowest BCUT2D eigenvalue weighted by Gasteiger charge is -2.15. The largest absolute Gasteiger partial charge is 0.392 e. The number of hydrogen-bond donors (Lipinski definition) is 2. The Labute approximate surface area is 210 Å². The van der Waals surface area contributed by atoms with Crippen molar-refractivity contribution in [2.24, 2.45) is 13.0 Å². The molecule has 10 heteroatoms. The van der Waals surface area contributed by atoms with Crippen LogP contribution < -0.4 is 16.4 Å². The Morgan fingerprint density at radius 2 is 2.03 bits per heavy atom. The van der Waals surface area contributed by atoms with Gasteiger partial charge in [-0.2, -0.15) is 9.78 Å². The fraction of sp³-hybridized carbons (Fsp3) is 0.346. The molecular formula is C26H25N5O4S. The van der Waals surface area contributed by atoms with Gasteiger partial charge in [-0.3, -0.25) is 14.4 Å². The number of aliphatic hydroxyl groups excluding tert-OH is 1. The van der Waals surface area contributed by atoms with Crippen LogP contribution in [0, 0.1) is 5.92 Å². The summed E-state index contributed by atoms with van der Waals surface area (Å²) in [6.45, 7) is -0.391. The van der Waals surface area contributed by atoms with Crippen molar-refractivity contribution in [3.8, 4) is 16.9 Å². The van der Waals surface area contributed by atoms with Crippen LogP contribution in [0.2, 0.25) is 0 Å². The van der Waals surface area contributed by atoms with E-state index in [1.54, 1.807) is 37.8 Å². The van der Waals surface area contributed by atoms with Gasteiger partial charge < -0.3 is 15.0 Å². The maximum atomic E-state index is 13.5. The fourth-order valence-electron chi connectivity index (χ4n) is 4.92. The lowest BCUT2D eigenvalue weighted by molar-refractivity contribution is -0.117. The Balaban J connectivity index is 1.48. The van der Waals surface area contributed by atoms with Crippen molar-refractivity contribution < 1.29 is 9.90 Å². The number of pyridine rings is 2. The molecule has 1 amide bonds. The van der Waals surface area contributed by atoms with Crippen molar-refractivity contribution in [2.45, 2.75) is 45.1 Å². The molecule has 0 unspecified atom stereocenters. The molecule has 4 heterocycles. The highest BCUT2D eigenvalue weighted by Crippen LogP contribution is 2.35. The second-order valence-corrected chi connectivity index (χ2v) is 10.6. The predicted molar refractivity (Wildman–Crippen MR) is 138 cm³/mol. The third-order valence-corrected chi connectivity index (χ3v) is 8.29. The first-order chi connectivity index (χ1) is 17.5. The molecule has 0 radical (unpaired) electrons. The van der Waals surface area contributed by atoms with E-state index in [-0.39, 0.29) is 34.4 Å². The minimum atomic E-state index is -0.391. The number of nitrogens with one attached hydrogen (secondary N) is 1. The van der Waals surface area contributed by atoms with Crippen LogP contribution in [-0.2, 0) is 31.3 Å². The highest BCUT2D eigenvalue weighted by Gasteiger charge is 2.30. The minimum absolute atomic E-state index is 0.0466. The maximum Gasteiger partial charge on any atom is 0.290 e. The number of nitrogens with zero attached hydrogens (tertiary/aromatic N) is 4. The van der Waals surface area contributed by atoms with Crippen LogP contribution >= 0.6 is 11.3 Å².